The number of likely N-dealkylation sites (N-methyl/N-ethyl adjacent to an activating group) is 1. The van der Waals surface area contributed by atoms with Crippen LogP contribution in [0, 0.1) is 0 Å². The molecule has 0 heterocycles. The Balaban J connectivity index is 3.34. The van der Waals surface area contributed by atoms with Crippen molar-refractivity contribution in [1.29, 1.82) is 0 Å². The summed E-state index contributed by atoms with van der Waals surface area (Å²) < 4.78 is 4.83. The van der Waals surface area contributed by atoms with Crippen LogP contribution in [-0.4, -0.2) is 63.8 Å². The fourth-order valence-electron chi connectivity index (χ4n) is 1.07. The van der Waals surface area contributed by atoms with Gasteiger partial charge in [0, 0.05) is 32.8 Å². The quantitative estimate of drug-likeness (QED) is 0.534. The highest BCUT2D eigenvalue weighted by Gasteiger charge is 2.03. The number of carbonyl (C=O) groups excluding carboxylic acids is 1. The van der Waals surface area contributed by atoms with E-state index in [0.717, 1.165) is 13.1 Å². The molecule has 0 aliphatic carbocycles. The van der Waals surface area contributed by atoms with Crippen LogP contribution in [0.15, 0.2) is 0 Å². The van der Waals surface area contributed by atoms with Crippen molar-refractivity contribution in [3.8, 4) is 0 Å². The minimum Gasteiger partial charge on any atom is -0.383 e. The van der Waals surface area contributed by atoms with Gasteiger partial charge in [0.15, 0.2) is 0 Å². The summed E-state index contributed by atoms with van der Waals surface area (Å²) in [5, 5.41) is 5.86. The van der Waals surface area contributed by atoms with Gasteiger partial charge in [-0.1, -0.05) is 0 Å². The number of ether oxygens (including phenoxy) is 1. The maximum absolute atomic E-state index is 11.3. The minimum absolute atomic E-state index is 0.0178. The van der Waals surface area contributed by atoms with E-state index in [9.17, 15) is 4.79 Å². The monoisotopic (exact) mass is 231 g/mol. The maximum Gasteiger partial charge on any atom is 0.234 e. The van der Waals surface area contributed by atoms with Crippen LogP contribution in [0.3, 0.4) is 0 Å². The summed E-state index contributed by atoms with van der Waals surface area (Å²) in [7, 11) is 3.69. The average molecular weight is 231 g/mol. The summed E-state index contributed by atoms with van der Waals surface area (Å²) in [6.07, 6.45) is 0. The van der Waals surface area contributed by atoms with Crippen molar-refractivity contribution < 1.29 is 9.53 Å². The van der Waals surface area contributed by atoms with Crippen molar-refractivity contribution in [3.63, 3.8) is 0 Å². The van der Waals surface area contributed by atoms with Crippen LogP contribution in [0.2, 0.25) is 0 Å². The van der Waals surface area contributed by atoms with E-state index in [0.29, 0.717) is 25.7 Å². The first-order valence-corrected chi connectivity index (χ1v) is 5.74. The molecule has 5 heteroatoms. The third-order valence-corrected chi connectivity index (χ3v) is 2.44. The van der Waals surface area contributed by atoms with Gasteiger partial charge in [0.25, 0.3) is 0 Å². The van der Waals surface area contributed by atoms with Crippen LogP contribution < -0.4 is 10.6 Å². The number of amides is 1. The third-order valence-electron chi connectivity index (χ3n) is 2.44. The number of carbonyl (C=O) groups is 1. The second-order valence-corrected chi connectivity index (χ2v) is 4.09. The lowest BCUT2D eigenvalue weighted by molar-refractivity contribution is -0.120. The smallest absolute Gasteiger partial charge is 0.234 e. The fraction of sp³-hybridized carbons (Fsp3) is 0.909. The van der Waals surface area contributed by atoms with E-state index in [1.807, 2.05) is 0 Å². The second-order valence-electron chi connectivity index (χ2n) is 4.09. The molecule has 0 aromatic heterocycles. The van der Waals surface area contributed by atoms with E-state index >= 15 is 0 Å². The lowest BCUT2D eigenvalue weighted by atomic mass is 10.3. The SMILES string of the molecule is COCCNC(=O)CNCCN(C)C(C)C. The molecule has 0 rings (SSSR count). The van der Waals surface area contributed by atoms with Gasteiger partial charge in [-0.2, -0.15) is 0 Å². The van der Waals surface area contributed by atoms with E-state index in [4.69, 9.17) is 4.74 Å². The van der Waals surface area contributed by atoms with Crippen molar-refractivity contribution in [3.05, 3.63) is 0 Å². The van der Waals surface area contributed by atoms with Crippen LogP contribution in [0.5, 0.6) is 0 Å². The van der Waals surface area contributed by atoms with Crippen LogP contribution >= 0.6 is 0 Å². The number of hydrogen-bond donors (Lipinski definition) is 2. The summed E-state index contributed by atoms with van der Waals surface area (Å²) in [4.78, 5) is 13.5. The zero-order chi connectivity index (χ0) is 12.4. The normalized spacial score (nSPS) is 11.1. The van der Waals surface area contributed by atoms with Crippen molar-refractivity contribution in [2.75, 3.05) is 46.9 Å². The summed E-state index contributed by atoms with van der Waals surface area (Å²) in [5.74, 6) is 0.0178. The van der Waals surface area contributed by atoms with Crippen molar-refractivity contribution in [2.24, 2.45) is 0 Å². The predicted octanol–water partition coefficient (Wildman–Crippen LogP) is -0.321. The molecule has 0 fully saturated rings. The molecule has 96 valence electrons. The van der Waals surface area contributed by atoms with E-state index < -0.39 is 0 Å². The van der Waals surface area contributed by atoms with Crippen molar-refractivity contribution >= 4 is 5.91 Å². The second kappa shape index (κ2) is 9.57. The van der Waals surface area contributed by atoms with Crippen LogP contribution in [-0.2, 0) is 9.53 Å². The average Bonchev–Trinajstić information content (AvgIpc) is 2.24. The Morgan fingerprint density at radius 3 is 2.62 bits per heavy atom. The summed E-state index contributed by atoms with van der Waals surface area (Å²) >= 11 is 0. The zero-order valence-corrected chi connectivity index (χ0v) is 10.9. The molecule has 0 aliphatic rings. The van der Waals surface area contributed by atoms with Gasteiger partial charge in [-0.15, -0.1) is 0 Å². The van der Waals surface area contributed by atoms with Crippen LogP contribution in [0.25, 0.3) is 0 Å². The largest absolute Gasteiger partial charge is 0.383 e. The number of nitrogens with one attached hydrogen (secondary N) is 2. The first kappa shape index (κ1) is 15.3. The molecule has 0 unspecified atom stereocenters. The lowest BCUT2D eigenvalue weighted by Crippen LogP contribution is -2.39. The molecule has 1 amide bonds. The molecule has 0 atom stereocenters. The van der Waals surface area contributed by atoms with E-state index in [2.05, 4.69) is 36.4 Å². The molecule has 0 aliphatic heterocycles. The van der Waals surface area contributed by atoms with Crippen LogP contribution in [0.1, 0.15) is 13.8 Å². The molecule has 0 saturated heterocycles. The number of nitrogens with zero attached hydrogens (tertiary/aromatic N) is 1. The Hall–Kier alpha value is -0.650. The molecular weight excluding hydrogens is 206 g/mol. The van der Waals surface area contributed by atoms with Gasteiger partial charge in [0.1, 0.15) is 0 Å². The van der Waals surface area contributed by atoms with Crippen molar-refractivity contribution in [2.45, 2.75) is 19.9 Å². The highest BCUT2D eigenvalue weighted by molar-refractivity contribution is 5.77. The molecule has 0 radical (unpaired) electrons. The summed E-state index contributed by atoms with van der Waals surface area (Å²) in [6, 6.07) is 0.539. The third kappa shape index (κ3) is 8.64. The zero-order valence-electron chi connectivity index (χ0n) is 10.9. The standard InChI is InChI=1S/C11H25N3O2/c1-10(2)14(3)7-5-12-9-11(15)13-6-8-16-4/h10,12H,5-9H2,1-4H3,(H,13,15). The Bertz CT molecular complexity index is 186. The van der Waals surface area contributed by atoms with Gasteiger partial charge in [-0.3, -0.25) is 4.79 Å². The Kier molecular flexibility index (Phi) is 9.18. The molecule has 16 heavy (non-hydrogen) atoms. The van der Waals surface area contributed by atoms with Gasteiger partial charge in [-0.05, 0) is 20.9 Å². The maximum atomic E-state index is 11.3. The Morgan fingerprint density at radius 1 is 1.38 bits per heavy atom. The number of rotatable bonds is 9. The van der Waals surface area contributed by atoms with Crippen molar-refractivity contribution in [1.82, 2.24) is 15.5 Å². The van der Waals surface area contributed by atoms with Gasteiger partial charge in [0.2, 0.25) is 5.91 Å². The molecule has 5 nitrogen and oxygen atoms in total. The Morgan fingerprint density at radius 2 is 2.06 bits per heavy atom. The Labute approximate surface area is 98.5 Å². The highest BCUT2D eigenvalue weighted by Crippen LogP contribution is 1.90. The first-order chi connectivity index (χ1) is 7.57. The molecule has 2 N–H and O–H groups in total. The minimum atomic E-state index is 0.0178. The molecule has 0 spiro atoms. The fourth-order valence-corrected chi connectivity index (χ4v) is 1.07. The topological polar surface area (TPSA) is 53.6 Å². The molecule has 0 aromatic carbocycles. The molecule has 0 bridgehead atoms. The van der Waals surface area contributed by atoms with Gasteiger partial charge < -0.3 is 20.3 Å². The van der Waals surface area contributed by atoms with Gasteiger partial charge >= 0.3 is 0 Å². The number of methoxy groups -OCH3 is 1. The summed E-state index contributed by atoms with van der Waals surface area (Å²) in [6.45, 7) is 7.57. The summed E-state index contributed by atoms with van der Waals surface area (Å²) in [5.41, 5.74) is 0. The van der Waals surface area contributed by atoms with Gasteiger partial charge in [0.05, 0.1) is 13.2 Å². The first-order valence-electron chi connectivity index (χ1n) is 5.74. The van der Waals surface area contributed by atoms with E-state index in [1.54, 1.807) is 7.11 Å². The predicted molar refractivity (Wildman–Crippen MR) is 65.5 cm³/mol. The molecule has 0 aromatic rings. The van der Waals surface area contributed by atoms with E-state index in [-0.39, 0.29) is 5.91 Å². The van der Waals surface area contributed by atoms with E-state index in [1.165, 1.54) is 0 Å². The van der Waals surface area contributed by atoms with Crippen LogP contribution in [0.4, 0.5) is 0 Å². The highest BCUT2D eigenvalue weighted by atomic mass is 16.5. The molecule has 0 saturated carbocycles. The molecular formula is C11H25N3O2. The number of hydrogen-bond acceptors (Lipinski definition) is 4. The van der Waals surface area contributed by atoms with Gasteiger partial charge in [-0.25, -0.2) is 0 Å². The lowest BCUT2D eigenvalue weighted by Gasteiger charge is -2.20.